The van der Waals surface area contributed by atoms with Gasteiger partial charge in [0.2, 0.25) is 5.91 Å². The zero-order chi connectivity index (χ0) is 9.84. The summed E-state index contributed by atoms with van der Waals surface area (Å²) in [4.78, 5) is 11.0. The summed E-state index contributed by atoms with van der Waals surface area (Å²) in [5.74, 6) is -0.388. The fourth-order valence-corrected chi connectivity index (χ4v) is 1.66. The molecule has 70 valence electrons. The Labute approximate surface area is 91.7 Å². The molecule has 1 rings (SSSR count). The van der Waals surface area contributed by atoms with Crippen LogP contribution in [0.25, 0.3) is 0 Å². The minimum Gasteiger partial charge on any atom is -0.369 e. The summed E-state index contributed by atoms with van der Waals surface area (Å²) in [6.45, 7) is 1.97. The standard InChI is InChI=1S/C10H12INO/c1-2-9(10(12)13)7-3-5-8(11)6-4-7/h3-6,9H,2H2,1H3,(H2,12,13). The molecule has 0 fully saturated rings. The molecule has 0 aliphatic heterocycles. The number of hydrogen-bond acceptors (Lipinski definition) is 1. The van der Waals surface area contributed by atoms with E-state index in [1.165, 1.54) is 3.57 Å². The average Bonchev–Trinajstić information content (AvgIpc) is 2.09. The van der Waals surface area contributed by atoms with Crippen molar-refractivity contribution in [2.75, 3.05) is 0 Å². The third kappa shape index (κ3) is 2.69. The lowest BCUT2D eigenvalue weighted by atomic mass is 9.96. The Bertz CT molecular complexity index is 294. The van der Waals surface area contributed by atoms with E-state index in [0.29, 0.717) is 0 Å². The lowest BCUT2D eigenvalue weighted by Gasteiger charge is -2.10. The Balaban J connectivity index is 2.92. The Hall–Kier alpha value is -0.580. The molecule has 0 aliphatic rings. The molecule has 13 heavy (non-hydrogen) atoms. The molecule has 1 unspecified atom stereocenters. The molecule has 1 aromatic carbocycles. The first-order chi connectivity index (χ1) is 6.15. The van der Waals surface area contributed by atoms with Crippen molar-refractivity contribution in [2.45, 2.75) is 19.3 Å². The van der Waals surface area contributed by atoms with E-state index in [1.807, 2.05) is 31.2 Å². The van der Waals surface area contributed by atoms with Gasteiger partial charge in [0.25, 0.3) is 0 Å². The second-order valence-corrected chi connectivity index (χ2v) is 4.16. The van der Waals surface area contributed by atoms with Gasteiger partial charge >= 0.3 is 0 Å². The van der Waals surface area contributed by atoms with Gasteiger partial charge in [-0.15, -0.1) is 0 Å². The van der Waals surface area contributed by atoms with Crippen LogP contribution in [0.15, 0.2) is 24.3 Å². The molecular weight excluding hydrogens is 277 g/mol. The third-order valence-corrected chi connectivity index (χ3v) is 2.74. The van der Waals surface area contributed by atoms with Crippen molar-refractivity contribution in [1.82, 2.24) is 0 Å². The van der Waals surface area contributed by atoms with Crippen LogP contribution in [0, 0.1) is 3.57 Å². The summed E-state index contributed by atoms with van der Waals surface area (Å²) in [5.41, 5.74) is 6.29. The monoisotopic (exact) mass is 289 g/mol. The van der Waals surface area contributed by atoms with Crippen LogP contribution in [0.4, 0.5) is 0 Å². The van der Waals surface area contributed by atoms with Crippen molar-refractivity contribution < 1.29 is 4.79 Å². The second-order valence-electron chi connectivity index (χ2n) is 2.91. The van der Waals surface area contributed by atoms with Gasteiger partial charge in [-0.3, -0.25) is 4.79 Å². The molecule has 0 saturated carbocycles. The van der Waals surface area contributed by atoms with Crippen LogP contribution in [0.3, 0.4) is 0 Å². The number of nitrogens with two attached hydrogens (primary N) is 1. The molecule has 0 aliphatic carbocycles. The predicted molar refractivity (Wildman–Crippen MR) is 61.4 cm³/mol. The summed E-state index contributed by atoms with van der Waals surface area (Å²) in [6, 6.07) is 7.89. The summed E-state index contributed by atoms with van der Waals surface area (Å²) in [6.07, 6.45) is 0.760. The number of primary amides is 1. The molecule has 1 aromatic rings. The number of halogens is 1. The van der Waals surface area contributed by atoms with Crippen molar-refractivity contribution in [2.24, 2.45) is 5.73 Å². The maximum absolute atomic E-state index is 11.0. The van der Waals surface area contributed by atoms with Crippen LogP contribution in [-0.2, 0) is 4.79 Å². The fraction of sp³-hybridized carbons (Fsp3) is 0.300. The minimum atomic E-state index is -0.247. The first-order valence-corrected chi connectivity index (χ1v) is 5.27. The highest BCUT2D eigenvalue weighted by Crippen LogP contribution is 2.19. The molecule has 0 heterocycles. The lowest BCUT2D eigenvalue weighted by molar-refractivity contribution is -0.119. The van der Waals surface area contributed by atoms with Gasteiger partial charge in [-0.1, -0.05) is 19.1 Å². The zero-order valence-electron chi connectivity index (χ0n) is 7.46. The topological polar surface area (TPSA) is 43.1 Å². The van der Waals surface area contributed by atoms with Crippen LogP contribution in [0.1, 0.15) is 24.8 Å². The van der Waals surface area contributed by atoms with Gasteiger partial charge in [0.05, 0.1) is 5.92 Å². The summed E-state index contributed by atoms with van der Waals surface area (Å²) in [7, 11) is 0. The third-order valence-electron chi connectivity index (χ3n) is 2.02. The van der Waals surface area contributed by atoms with E-state index in [1.54, 1.807) is 0 Å². The number of carbonyl (C=O) groups excluding carboxylic acids is 1. The minimum absolute atomic E-state index is 0.142. The Morgan fingerprint density at radius 2 is 2.00 bits per heavy atom. The van der Waals surface area contributed by atoms with E-state index in [9.17, 15) is 4.79 Å². The van der Waals surface area contributed by atoms with Gasteiger partial charge in [-0.2, -0.15) is 0 Å². The van der Waals surface area contributed by atoms with E-state index < -0.39 is 0 Å². The van der Waals surface area contributed by atoms with E-state index in [-0.39, 0.29) is 11.8 Å². The Kier molecular flexibility index (Phi) is 3.71. The van der Waals surface area contributed by atoms with Gasteiger partial charge in [0.15, 0.2) is 0 Å². The maximum atomic E-state index is 11.0. The van der Waals surface area contributed by atoms with Gasteiger partial charge < -0.3 is 5.73 Å². The lowest BCUT2D eigenvalue weighted by Crippen LogP contribution is -2.20. The summed E-state index contributed by atoms with van der Waals surface area (Å²) in [5, 5.41) is 0. The van der Waals surface area contributed by atoms with Gasteiger partial charge in [-0.25, -0.2) is 0 Å². The molecular formula is C10H12INO. The van der Waals surface area contributed by atoms with Gasteiger partial charge in [0.1, 0.15) is 0 Å². The Morgan fingerprint density at radius 3 is 2.38 bits per heavy atom. The molecule has 0 bridgehead atoms. The van der Waals surface area contributed by atoms with Crippen molar-refractivity contribution in [3.05, 3.63) is 33.4 Å². The molecule has 3 heteroatoms. The molecule has 0 aromatic heterocycles. The maximum Gasteiger partial charge on any atom is 0.224 e. The molecule has 1 atom stereocenters. The number of carbonyl (C=O) groups is 1. The predicted octanol–water partition coefficient (Wildman–Crippen LogP) is 2.27. The van der Waals surface area contributed by atoms with E-state index in [0.717, 1.165) is 12.0 Å². The second kappa shape index (κ2) is 4.60. The van der Waals surface area contributed by atoms with Crippen molar-refractivity contribution in [3.63, 3.8) is 0 Å². The van der Waals surface area contributed by atoms with E-state index in [2.05, 4.69) is 22.6 Å². The van der Waals surface area contributed by atoms with Gasteiger partial charge in [-0.05, 0) is 46.7 Å². The molecule has 1 amide bonds. The van der Waals surface area contributed by atoms with Crippen LogP contribution in [-0.4, -0.2) is 5.91 Å². The summed E-state index contributed by atoms with van der Waals surface area (Å²) >= 11 is 2.23. The number of amides is 1. The van der Waals surface area contributed by atoms with E-state index >= 15 is 0 Å². The highest BCUT2D eigenvalue weighted by molar-refractivity contribution is 14.1. The molecule has 0 spiro atoms. The molecule has 0 saturated heterocycles. The normalized spacial score (nSPS) is 12.5. The zero-order valence-corrected chi connectivity index (χ0v) is 9.61. The average molecular weight is 289 g/mol. The molecule has 0 radical (unpaired) electrons. The quantitative estimate of drug-likeness (QED) is 0.852. The summed E-state index contributed by atoms with van der Waals surface area (Å²) < 4.78 is 1.17. The highest BCUT2D eigenvalue weighted by atomic mass is 127. The molecule has 2 nitrogen and oxygen atoms in total. The number of hydrogen-bond donors (Lipinski definition) is 1. The van der Waals surface area contributed by atoms with Crippen molar-refractivity contribution in [1.29, 1.82) is 0 Å². The van der Waals surface area contributed by atoms with Crippen LogP contribution < -0.4 is 5.73 Å². The fourth-order valence-electron chi connectivity index (χ4n) is 1.30. The number of rotatable bonds is 3. The van der Waals surface area contributed by atoms with Gasteiger partial charge in [0, 0.05) is 3.57 Å². The first kappa shape index (κ1) is 10.5. The van der Waals surface area contributed by atoms with E-state index in [4.69, 9.17) is 5.73 Å². The van der Waals surface area contributed by atoms with Crippen molar-refractivity contribution in [3.8, 4) is 0 Å². The SMILES string of the molecule is CCC(C(N)=O)c1ccc(I)cc1. The molecule has 2 N–H and O–H groups in total. The Morgan fingerprint density at radius 1 is 1.46 bits per heavy atom. The smallest absolute Gasteiger partial charge is 0.224 e. The highest BCUT2D eigenvalue weighted by Gasteiger charge is 2.14. The van der Waals surface area contributed by atoms with Crippen LogP contribution >= 0.6 is 22.6 Å². The van der Waals surface area contributed by atoms with Crippen molar-refractivity contribution >= 4 is 28.5 Å². The van der Waals surface area contributed by atoms with Crippen LogP contribution in [0.2, 0.25) is 0 Å². The number of benzene rings is 1. The first-order valence-electron chi connectivity index (χ1n) is 4.20. The van der Waals surface area contributed by atoms with Crippen LogP contribution in [0.5, 0.6) is 0 Å². The largest absolute Gasteiger partial charge is 0.369 e.